The quantitative estimate of drug-likeness (QED) is 0.479. The van der Waals surface area contributed by atoms with Gasteiger partial charge in [0.05, 0.1) is 22.6 Å². The average molecular weight is 389 g/mol. The number of thiazole rings is 1. The lowest BCUT2D eigenvalue weighted by molar-refractivity contribution is 0.371. The Balaban J connectivity index is 2.12. The molecule has 1 heterocycles. The molecule has 0 bridgehead atoms. The topological polar surface area (TPSA) is 66.7 Å². The Labute approximate surface area is 128 Å². The number of aryl methyl sites for hydroxylation is 1. The summed E-state index contributed by atoms with van der Waals surface area (Å²) >= 11 is 3.54. The largest absolute Gasteiger partial charge is 0.504 e. The zero-order valence-corrected chi connectivity index (χ0v) is 13.3. The van der Waals surface area contributed by atoms with Crippen molar-refractivity contribution in [3.05, 3.63) is 32.3 Å². The molecular weight excluding hydrogens is 377 g/mol. The van der Waals surface area contributed by atoms with Gasteiger partial charge in [0.2, 0.25) is 5.13 Å². The number of aromatic nitrogens is 1. The maximum Gasteiger partial charge on any atom is 0.203 e. The van der Waals surface area contributed by atoms with Crippen LogP contribution in [0.3, 0.4) is 0 Å². The highest BCUT2D eigenvalue weighted by Crippen LogP contribution is 2.31. The third kappa shape index (κ3) is 3.57. The van der Waals surface area contributed by atoms with Crippen LogP contribution >= 0.6 is 33.9 Å². The summed E-state index contributed by atoms with van der Waals surface area (Å²) in [5, 5.41) is 16.5. The maximum absolute atomic E-state index is 9.73. The summed E-state index contributed by atoms with van der Waals surface area (Å²) in [4.78, 5) is 4.23. The fraction of sp³-hybridized carbons (Fsp3) is 0.167. The van der Waals surface area contributed by atoms with E-state index in [1.807, 2.05) is 41.0 Å². The van der Waals surface area contributed by atoms with Gasteiger partial charge in [-0.1, -0.05) is 0 Å². The molecule has 0 amide bonds. The summed E-state index contributed by atoms with van der Waals surface area (Å²) < 4.78 is 5.80. The number of hydrogen-bond donors (Lipinski definition) is 2. The Morgan fingerprint density at radius 3 is 2.95 bits per heavy atom. The molecule has 2 aromatic rings. The van der Waals surface area contributed by atoms with E-state index < -0.39 is 0 Å². The third-order valence-corrected chi connectivity index (χ3v) is 3.95. The van der Waals surface area contributed by atoms with Crippen molar-refractivity contribution in [2.75, 3.05) is 12.5 Å². The first-order chi connectivity index (χ1) is 9.10. The zero-order valence-electron chi connectivity index (χ0n) is 10.3. The summed E-state index contributed by atoms with van der Waals surface area (Å²) in [6.07, 6.45) is 1.65. The van der Waals surface area contributed by atoms with Crippen molar-refractivity contribution in [1.82, 2.24) is 4.98 Å². The number of halogens is 1. The second-order valence-corrected chi connectivity index (χ2v) is 5.74. The van der Waals surface area contributed by atoms with E-state index in [-0.39, 0.29) is 5.75 Å². The molecule has 7 heteroatoms. The minimum atomic E-state index is 0.142. The summed E-state index contributed by atoms with van der Waals surface area (Å²) in [7, 11) is 1.52. The van der Waals surface area contributed by atoms with Crippen LogP contribution in [0, 0.1) is 10.5 Å². The molecule has 2 N–H and O–H groups in total. The van der Waals surface area contributed by atoms with Crippen molar-refractivity contribution in [2.24, 2.45) is 5.10 Å². The zero-order chi connectivity index (χ0) is 13.8. The van der Waals surface area contributed by atoms with E-state index >= 15 is 0 Å². The third-order valence-electron chi connectivity index (χ3n) is 2.26. The Bertz CT molecular complexity index is 613. The van der Waals surface area contributed by atoms with Gasteiger partial charge in [-0.3, -0.25) is 5.43 Å². The summed E-state index contributed by atoms with van der Waals surface area (Å²) in [5.41, 5.74) is 4.65. The van der Waals surface area contributed by atoms with Gasteiger partial charge in [0, 0.05) is 5.38 Å². The molecule has 0 fully saturated rings. The second-order valence-electron chi connectivity index (χ2n) is 3.72. The van der Waals surface area contributed by atoms with E-state index in [2.05, 4.69) is 15.5 Å². The fourth-order valence-electron chi connectivity index (χ4n) is 1.39. The highest BCUT2D eigenvalue weighted by atomic mass is 127. The molecule has 5 nitrogen and oxygen atoms in total. The number of nitrogens with one attached hydrogen (secondary N) is 1. The highest BCUT2D eigenvalue weighted by molar-refractivity contribution is 14.1. The van der Waals surface area contributed by atoms with Gasteiger partial charge in [0.25, 0.3) is 0 Å². The van der Waals surface area contributed by atoms with Crippen LogP contribution in [0.2, 0.25) is 0 Å². The van der Waals surface area contributed by atoms with E-state index in [0.717, 1.165) is 16.4 Å². The average Bonchev–Trinajstić information content (AvgIpc) is 2.79. The number of nitrogens with zero attached hydrogens (tertiary/aromatic N) is 2. The predicted octanol–water partition coefficient (Wildman–Crippen LogP) is 3.22. The molecule has 0 saturated heterocycles. The molecule has 2 rings (SSSR count). The standard InChI is InChI=1S/C12H12IN3O2S/c1-7-6-19-12(15-7)16-14-5-8-3-9(13)11(17)10(4-8)18-2/h3-6,17H,1-2H3,(H,15,16). The molecule has 1 aromatic heterocycles. The van der Waals surface area contributed by atoms with Crippen molar-refractivity contribution in [3.8, 4) is 11.5 Å². The van der Waals surface area contributed by atoms with Crippen LogP contribution in [0.15, 0.2) is 22.6 Å². The maximum atomic E-state index is 9.73. The van der Waals surface area contributed by atoms with Gasteiger partial charge in [0.15, 0.2) is 11.5 Å². The van der Waals surface area contributed by atoms with Crippen LogP contribution in [0.5, 0.6) is 11.5 Å². The highest BCUT2D eigenvalue weighted by Gasteiger charge is 2.07. The van der Waals surface area contributed by atoms with E-state index in [1.54, 1.807) is 12.3 Å². The number of ether oxygens (including phenoxy) is 1. The number of rotatable bonds is 4. The van der Waals surface area contributed by atoms with Gasteiger partial charge in [-0.05, 0) is 47.2 Å². The molecule has 1 aromatic carbocycles. The minimum absolute atomic E-state index is 0.142. The molecule has 0 atom stereocenters. The predicted molar refractivity (Wildman–Crippen MR) is 85.4 cm³/mol. The van der Waals surface area contributed by atoms with E-state index in [0.29, 0.717) is 9.32 Å². The molecular formula is C12H12IN3O2S. The lowest BCUT2D eigenvalue weighted by Crippen LogP contribution is -1.93. The molecule has 0 aliphatic heterocycles. The van der Waals surface area contributed by atoms with Crippen molar-refractivity contribution in [3.63, 3.8) is 0 Å². The van der Waals surface area contributed by atoms with Gasteiger partial charge in [0.1, 0.15) is 0 Å². The summed E-state index contributed by atoms with van der Waals surface area (Å²) in [5.74, 6) is 0.571. The lowest BCUT2D eigenvalue weighted by Gasteiger charge is -2.06. The molecule has 0 spiro atoms. The normalized spacial score (nSPS) is 10.9. The number of hydrazone groups is 1. The number of benzene rings is 1. The minimum Gasteiger partial charge on any atom is -0.504 e. The Morgan fingerprint density at radius 1 is 1.53 bits per heavy atom. The number of methoxy groups -OCH3 is 1. The molecule has 0 aliphatic rings. The van der Waals surface area contributed by atoms with Crippen molar-refractivity contribution >= 4 is 45.3 Å². The smallest absolute Gasteiger partial charge is 0.203 e. The molecule has 0 radical (unpaired) electrons. The molecule has 19 heavy (non-hydrogen) atoms. The van der Waals surface area contributed by atoms with Crippen molar-refractivity contribution in [2.45, 2.75) is 6.92 Å². The Kier molecular flexibility index (Phi) is 4.59. The van der Waals surface area contributed by atoms with Gasteiger partial charge in [-0.15, -0.1) is 11.3 Å². The first-order valence-electron chi connectivity index (χ1n) is 5.38. The SMILES string of the molecule is COc1cc(C=NNc2nc(C)cs2)cc(I)c1O. The number of anilines is 1. The van der Waals surface area contributed by atoms with Crippen molar-refractivity contribution < 1.29 is 9.84 Å². The van der Waals surface area contributed by atoms with Crippen molar-refractivity contribution in [1.29, 1.82) is 0 Å². The lowest BCUT2D eigenvalue weighted by atomic mass is 10.2. The first kappa shape index (κ1) is 14.1. The second kappa shape index (κ2) is 6.20. The Hall–Kier alpha value is -1.35. The molecule has 0 saturated carbocycles. The Morgan fingerprint density at radius 2 is 2.32 bits per heavy atom. The summed E-state index contributed by atoms with van der Waals surface area (Å²) in [6.45, 7) is 1.93. The van der Waals surface area contributed by atoms with Crippen LogP contribution in [-0.4, -0.2) is 23.4 Å². The van der Waals surface area contributed by atoms with Gasteiger partial charge < -0.3 is 9.84 Å². The van der Waals surface area contributed by atoms with Gasteiger partial charge in [-0.25, -0.2) is 4.98 Å². The van der Waals surface area contributed by atoms with E-state index in [4.69, 9.17) is 4.74 Å². The van der Waals surface area contributed by atoms with Gasteiger partial charge >= 0.3 is 0 Å². The fourth-order valence-corrected chi connectivity index (χ4v) is 2.65. The van der Waals surface area contributed by atoms with Crippen LogP contribution < -0.4 is 10.2 Å². The molecule has 0 unspecified atom stereocenters. The van der Waals surface area contributed by atoms with Crippen LogP contribution in [0.25, 0.3) is 0 Å². The monoisotopic (exact) mass is 389 g/mol. The molecule has 100 valence electrons. The van der Waals surface area contributed by atoms with Crippen LogP contribution in [0.1, 0.15) is 11.3 Å². The van der Waals surface area contributed by atoms with Gasteiger partial charge in [-0.2, -0.15) is 5.10 Å². The molecule has 0 aliphatic carbocycles. The first-order valence-corrected chi connectivity index (χ1v) is 7.33. The van der Waals surface area contributed by atoms with Crippen LogP contribution in [0.4, 0.5) is 5.13 Å². The summed E-state index contributed by atoms with van der Waals surface area (Å²) in [6, 6.07) is 3.53. The number of aromatic hydroxyl groups is 1. The van der Waals surface area contributed by atoms with Crippen LogP contribution in [-0.2, 0) is 0 Å². The number of phenolic OH excluding ortho intramolecular Hbond substituents is 1. The van der Waals surface area contributed by atoms with E-state index in [1.165, 1.54) is 18.4 Å². The number of hydrogen-bond acceptors (Lipinski definition) is 6. The van der Waals surface area contributed by atoms with E-state index in [9.17, 15) is 5.11 Å². The number of phenols is 1.